The van der Waals surface area contributed by atoms with Gasteiger partial charge < -0.3 is 29.1 Å². The van der Waals surface area contributed by atoms with Crippen molar-refractivity contribution < 1.29 is 14.3 Å². The Morgan fingerprint density at radius 2 is 2.00 bits per heavy atom. The minimum Gasteiger partial charge on any atom is -0.456 e. The Bertz CT molecular complexity index is 1570. The first-order valence-electron chi connectivity index (χ1n) is 14.7. The smallest absolute Gasteiger partial charge is 0.319 e. The van der Waals surface area contributed by atoms with E-state index in [1.165, 1.54) is 6.08 Å². The van der Waals surface area contributed by atoms with Gasteiger partial charge in [0.1, 0.15) is 11.9 Å². The van der Waals surface area contributed by atoms with Crippen molar-refractivity contribution in [3.63, 3.8) is 0 Å². The molecule has 1 aromatic heterocycles. The Hall–Kier alpha value is -3.91. The normalized spacial score (nSPS) is 22.0. The number of halogens is 1. The van der Waals surface area contributed by atoms with E-state index < -0.39 is 0 Å². The molecule has 0 spiro atoms. The lowest BCUT2D eigenvalue weighted by molar-refractivity contribution is -0.128. The van der Waals surface area contributed by atoms with Crippen LogP contribution in [0.5, 0.6) is 6.01 Å². The minimum atomic E-state index is -0.265. The van der Waals surface area contributed by atoms with Crippen molar-refractivity contribution in [3.05, 3.63) is 65.3 Å². The van der Waals surface area contributed by atoms with Crippen LogP contribution in [0.1, 0.15) is 17.7 Å². The quantitative estimate of drug-likeness (QED) is 0.376. The largest absolute Gasteiger partial charge is 0.456 e. The van der Waals surface area contributed by atoms with E-state index in [2.05, 4.69) is 51.6 Å². The van der Waals surface area contributed by atoms with Crippen LogP contribution in [0.2, 0.25) is 5.02 Å². The molecule has 1 unspecified atom stereocenters. The van der Waals surface area contributed by atoms with Gasteiger partial charge in [-0.25, -0.2) is 0 Å². The molecule has 2 saturated heterocycles. The van der Waals surface area contributed by atoms with Crippen LogP contribution in [-0.4, -0.2) is 97.4 Å². The van der Waals surface area contributed by atoms with Gasteiger partial charge in [-0.2, -0.15) is 15.2 Å². The Kier molecular flexibility index (Phi) is 8.39. The molecule has 3 aromatic rings. The number of amides is 1. The Morgan fingerprint density at radius 3 is 2.77 bits per heavy atom. The molecule has 3 aliphatic heterocycles. The summed E-state index contributed by atoms with van der Waals surface area (Å²) in [4.78, 5) is 30.9. The monoisotopic (exact) mass is 601 g/mol. The van der Waals surface area contributed by atoms with E-state index in [1.54, 1.807) is 4.90 Å². The number of carbonyl (C=O) groups is 1. The Morgan fingerprint density at radius 1 is 1.19 bits per heavy atom. The Labute approximate surface area is 257 Å². The number of rotatable bonds is 7. The molecule has 43 heavy (non-hydrogen) atoms. The maximum absolute atomic E-state index is 12.6. The summed E-state index contributed by atoms with van der Waals surface area (Å²) >= 11 is 6.70. The topological polar surface area (TPSA) is 98.1 Å². The van der Waals surface area contributed by atoms with Crippen molar-refractivity contribution in [2.45, 2.75) is 37.6 Å². The number of hydrogen-bond acceptors (Lipinski definition) is 9. The highest BCUT2D eigenvalue weighted by Crippen LogP contribution is 2.37. The molecule has 3 atom stereocenters. The zero-order valence-corrected chi connectivity index (χ0v) is 25.3. The highest BCUT2D eigenvalue weighted by Gasteiger charge is 2.36. The second-order valence-corrected chi connectivity index (χ2v) is 11.9. The number of carbonyl (C=O) groups excluding carboxylic acids is 1. The van der Waals surface area contributed by atoms with Crippen molar-refractivity contribution >= 4 is 39.8 Å². The number of anilines is 2. The average Bonchev–Trinajstić information content (AvgIpc) is 3.48. The molecule has 0 aliphatic carbocycles. The van der Waals surface area contributed by atoms with Crippen molar-refractivity contribution in [2.24, 2.45) is 0 Å². The predicted octanol–water partition coefficient (Wildman–Crippen LogP) is 3.67. The molecule has 0 bridgehead atoms. The first-order valence-corrected chi connectivity index (χ1v) is 15.0. The number of likely N-dealkylation sites (N-methyl/N-ethyl adjacent to an activating group) is 1. The summed E-state index contributed by atoms with van der Waals surface area (Å²) in [6, 6.07) is 14.6. The molecular formula is C32H36ClN7O3. The fourth-order valence-corrected chi connectivity index (χ4v) is 6.71. The second-order valence-electron chi connectivity index (χ2n) is 11.5. The lowest BCUT2D eigenvalue weighted by Crippen LogP contribution is -2.55. The van der Waals surface area contributed by atoms with Gasteiger partial charge >= 0.3 is 6.01 Å². The predicted molar refractivity (Wildman–Crippen MR) is 167 cm³/mol. The number of aromatic nitrogens is 2. The Balaban J connectivity index is 1.37. The van der Waals surface area contributed by atoms with Gasteiger partial charge in [-0.15, -0.1) is 0 Å². The lowest BCUT2D eigenvalue weighted by Gasteiger charge is -2.42. The molecule has 0 saturated carbocycles. The van der Waals surface area contributed by atoms with Crippen LogP contribution in [0.3, 0.4) is 0 Å². The van der Waals surface area contributed by atoms with Crippen molar-refractivity contribution in [1.29, 1.82) is 5.26 Å². The first kappa shape index (κ1) is 29.2. The molecule has 224 valence electrons. The third-order valence-electron chi connectivity index (χ3n) is 8.68. The third kappa shape index (κ3) is 5.73. The van der Waals surface area contributed by atoms with Crippen molar-refractivity contribution in [2.75, 3.05) is 63.3 Å². The van der Waals surface area contributed by atoms with E-state index in [4.69, 9.17) is 31.0 Å². The SMILES string of the molecule is C=CC(=O)N1CCN(c2nc(O[C@@H]3COC[C@@H]3N(C)C)nc3c2CCN(c2cccc4cccc(Cl)c24)C3)CC1CC#N. The fraction of sp³-hybridized carbons (Fsp3) is 0.438. The van der Waals surface area contributed by atoms with Crippen LogP contribution in [-0.2, 0) is 22.5 Å². The molecule has 4 heterocycles. The van der Waals surface area contributed by atoms with Crippen LogP contribution in [0.25, 0.3) is 10.8 Å². The number of benzene rings is 2. The molecule has 10 nitrogen and oxygen atoms in total. The summed E-state index contributed by atoms with van der Waals surface area (Å²) in [7, 11) is 4.03. The second kappa shape index (κ2) is 12.4. The van der Waals surface area contributed by atoms with Gasteiger partial charge in [-0.3, -0.25) is 4.79 Å². The van der Waals surface area contributed by atoms with Gasteiger partial charge in [-0.1, -0.05) is 42.4 Å². The summed E-state index contributed by atoms with van der Waals surface area (Å²) in [5.74, 6) is 0.651. The molecule has 0 radical (unpaired) electrons. The van der Waals surface area contributed by atoms with E-state index in [0.29, 0.717) is 45.4 Å². The highest BCUT2D eigenvalue weighted by atomic mass is 35.5. The molecule has 3 aliphatic rings. The van der Waals surface area contributed by atoms with Crippen molar-refractivity contribution in [3.8, 4) is 12.1 Å². The molecule has 2 aromatic carbocycles. The highest BCUT2D eigenvalue weighted by molar-refractivity contribution is 6.36. The number of hydrogen-bond donors (Lipinski definition) is 0. The van der Waals surface area contributed by atoms with E-state index in [1.807, 2.05) is 26.2 Å². The van der Waals surface area contributed by atoms with Gasteiger partial charge in [0.2, 0.25) is 5.91 Å². The molecule has 6 rings (SSSR count). The number of nitriles is 1. The summed E-state index contributed by atoms with van der Waals surface area (Å²) in [6.45, 7) is 7.59. The number of nitrogens with zero attached hydrogens (tertiary/aromatic N) is 7. The standard InChI is InChI=1S/C32H36ClN7O3/c1-4-29(41)40-16-15-39(17-22(40)11-13-34)31-23-12-14-38(26-10-6-8-21-7-5-9-24(33)30(21)26)18-25(23)35-32(36-31)43-28-20-42-19-27(28)37(2)3/h4-10,22,27-28H,1,11-12,14-20H2,2-3H3/t22?,27-,28+/m0/s1. The number of ether oxygens (including phenoxy) is 2. The maximum Gasteiger partial charge on any atom is 0.319 e. The van der Waals surface area contributed by atoms with E-state index >= 15 is 0 Å². The van der Waals surface area contributed by atoms with Gasteiger partial charge in [0.15, 0.2) is 0 Å². The minimum absolute atomic E-state index is 0.0888. The van der Waals surface area contributed by atoms with Gasteiger partial charge in [0.05, 0.1) is 55.0 Å². The van der Waals surface area contributed by atoms with Crippen LogP contribution in [0.15, 0.2) is 49.1 Å². The summed E-state index contributed by atoms with van der Waals surface area (Å²) in [5, 5.41) is 12.4. The van der Waals surface area contributed by atoms with Gasteiger partial charge in [0, 0.05) is 42.8 Å². The van der Waals surface area contributed by atoms with E-state index in [9.17, 15) is 10.1 Å². The molecular weight excluding hydrogens is 566 g/mol. The van der Waals surface area contributed by atoms with E-state index in [-0.39, 0.29) is 30.5 Å². The summed E-state index contributed by atoms with van der Waals surface area (Å²) in [6.07, 6.45) is 2.07. The number of piperazine rings is 1. The maximum atomic E-state index is 12.6. The van der Waals surface area contributed by atoms with Crippen LogP contribution in [0, 0.1) is 11.3 Å². The van der Waals surface area contributed by atoms with Gasteiger partial charge in [0.25, 0.3) is 0 Å². The summed E-state index contributed by atoms with van der Waals surface area (Å²) in [5.41, 5.74) is 3.04. The molecule has 11 heteroatoms. The van der Waals surface area contributed by atoms with Crippen molar-refractivity contribution in [1.82, 2.24) is 19.8 Å². The van der Waals surface area contributed by atoms with Crippen LogP contribution >= 0.6 is 11.6 Å². The third-order valence-corrected chi connectivity index (χ3v) is 9.00. The van der Waals surface area contributed by atoms with E-state index in [0.717, 1.165) is 51.5 Å². The zero-order chi connectivity index (χ0) is 30.1. The molecule has 1 amide bonds. The number of fused-ring (bicyclic) bond motifs is 2. The van der Waals surface area contributed by atoms with Crippen LogP contribution in [0.4, 0.5) is 11.5 Å². The molecule has 2 fully saturated rings. The summed E-state index contributed by atoms with van der Waals surface area (Å²) < 4.78 is 12.2. The van der Waals surface area contributed by atoms with Gasteiger partial charge in [-0.05, 0) is 44.1 Å². The zero-order valence-electron chi connectivity index (χ0n) is 24.6. The van der Waals surface area contributed by atoms with Crippen LogP contribution < -0.4 is 14.5 Å². The fourth-order valence-electron chi connectivity index (χ4n) is 6.44. The molecule has 0 N–H and O–H groups in total. The lowest BCUT2D eigenvalue weighted by atomic mass is 10.0. The average molecular weight is 602 g/mol. The first-order chi connectivity index (χ1) is 20.9.